The number of likely N-dealkylation sites (tertiary alicyclic amines) is 1. The van der Waals surface area contributed by atoms with Crippen molar-refractivity contribution >= 4 is 5.91 Å². The summed E-state index contributed by atoms with van der Waals surface area (Å²) >= 11 is 0. The summed E-state index contributed by atoms with van der Waals surface area (Å²) in [5.41, 5.74) is 0. The minimum absolute atomic E-state index is 0.234. The molecule has 0 bridgehead atoms. The quantitative estimate of drug-likeness (QED) is 0.925. The molecule has 1 aromatic carbocycles. The van der Waals surface area contributed by atoms with Gasteiger partial charge in [-0.2, -0.15) is 0 Å². The molecule has 4 nitrogen and oxygen atoms in total. The summed E-state index contributed by atoms with van der Waals surface area (Å²) in [6, 6.07) is 9.96. The van der Waals surface area contributed by atoms with Crippen molar-refractivity contribution in [1.29, 1.82) is 0 Å². The van der Waals surface area contributed by atoms with Gasteiger partial charge in [-0.25, -0.2) is 0 Å². The van der Waals surface area contributed by atoms with Crippen LogP contribution in [0, 0.1) is 5.92 Å². The summed E-state index contributed by atoms with van der Waals surface area (Å²) in [5.74, 6) is 1.52. The Labute approximate surface area is 126 Å². The van der Waals surface area contributed by atoms with Crippen molar-refractivity contribution in [2.75, 3.05) is 26.2 Å². The molecule has 2 aliphatic heterocycles. The topological polar surface area (TPSA) is 41.6 Å². The van der Waals surface area contributed by atoms with Gasteiger partial charge in [0, 0.05) is 31.8 Å². The number of nitrogens with one attached hydrogen (secondary N) is 1. The number of para-hydroxylation sites is 1. The molecule has 0 aromatic heterocycles. The molecule has 1 N–H and O–H groups in total. The van der Waals surface area contributed by atoms with E-state index in [1.54, 1.807) is 0 Å². The number of ether oxygens (including phenoxy) is 1. The summed E-state index contributed by atoms with van der Waals surface area (Å²) in [7, 11) is 0. The fourth-order valence-electron chi connectivity index (χ4n) is 3.21. The lowest BCUT2D eigenvalue weighted by Crippen LogP contribution is -2.46. The molecule has 1 aromatic rings. The van der Waals surface area contributed by atoms with Crippen LogP contribution in [-0.2, 0) is 4.79 Å². The number of benzene rings is 1. The van der Waals surface area contributed by atoms with Crippen LogP contribution in [0.3, 0.4) is 0 Å². The Balaban J connectivity index is 1.47. The maximum atomic E-state index is 12.5. The molecule has 3 rings (SSSR count). The van der Waals surface area contributed by atoms with Crippen molar-refractivity contribution in [3.63, 3.8) is 0 Å². The van der Waals surface area contributed by atoms with E-state index in [4.69, 9.17) is 4.74 Å². The second-order valence-corrected chi connectivity index (χ2v) is 5.98. The van der Waals surface area contributed by atoms with Gasteiger partial charge in [-0.3, -0.25) is 4.79 Å². The lowest BCUT2D eigenvalue weighted by Gasteiger charge is -2.35. The average Bonchev–Trinajstić information content (AvgIpc) is 2.57. The third-order valence-corrected chi connectivity index (χ3v) is 4.49. The minimum atomic E-state index is 0.234. The van der Waals surface area contributed by atoms with E-state index < -0.39 is 0 Å². The van der Waals surface area contributed by atoms with Gasteiger partial charge in [-0.05, 0) is 38.1 Å². The van der Waals surface area contributed by atoms with Gasteiger partial charge in [-0.15, -0.1) is 0 Å². The van der Waals surface area contributed by atoms with Crippen LogP contribution < -0.4 is 10.1 Å². The van der Waals surface area contributed by atoms with Crippen molar-refractivity contribution in [1.82, 2.24) is 10.2 Å². The normalized spacial score (nSPS) is 21.2. The first-order valence-electron chi connectivity index (χ1n) is 8.04. The molecular weight excluding hydrogens is 264 g/mol. The van der Waals surface area contributed by atoms with Gasteiger partial charge in [0.1, 0.15) is 11.9 Å². The van der Waals surface area contributed by atoms with Crippen LogP contribution in [0.4, 0.5) is 0 Å². The molecule has 4 heteroatoms. The zero-order chi connectivity index (χ0) is 14.5. The number of amides is 1. The van der Waals surface area contributed by atoms with Gasteiger partial charge in [0.2, 0.25) is 5.91 Å². The molecule has 2 saturated heterocycles. The predicted molar refractivity (Wildman–Crippen MR) is 82.3 cm³/mol. The third kappa shape index (κ3) is 3.76. The van der Waals surface area contributed by atoms with E-state index in [2.05, 4.69) is 5.32 Å². The van der Waals surface area contributed by atoms with Crippen LogP contribution in [-0.4, -0.2) is 43.1 Å². The Morgan fingerprint density at radius 1 is 1.05 bits per heavy atom. The van der Waals surface area contributed by atoms with Gasteiger partial charge in [-0.1, -0.05) is 18.2 Å². The first kappa shape index (κ1) is 14.4. The highest BCUT2D eigenvalue weighted by Crippen LogP contribution is 2.22. The molecule has 0 spiro atoms. The highest BCUT2D eigenvalue weighted by Gasteiger charge is 2.29. The second-order valence-electron chi connectivity index (χ2n) is 5.98. The van der Waals surface area contributed by atoms with Crippen molar-refractivity contribution in [2.24, 2.45) is 5.92 Å². The number of carbonyl (C=O) groups is 1. The average molecular weight is 288 g/mol. The van der Waals surface area contributed by atoms with Gasteiger partial charge >= 0.3 is 0 Å². The number of hydrogen-bond donors (Lipinski definition) is 1. The first-order valence-corrected chi connectivity index (χ1v) is 8.04. The van der Waals surface area contributed by atoms with E-state index in [1.807, 2.05) is 35.2 Å². The molecular formula is C17H24N2O2. The molecule has 0 saturated carbocycles. The van der Waals surface area contributed by atoms with E-state index in [0.29, 0.717) is 5.91 Å². The predicted octanol–water partition coefficient (Wildman–Crippen LogP) is 2.06. The maximum absolute atomic E-state index is 12.5. The maximum Gasteiger partial charge on any atom is 0.225 e. The first-order chi connectivity index (χ1) is 10.3. The number of rotatable bonds is 3. The lowest BCUT2D eigenvalue weighted by atomic mass is 9.95. The number of piperidine rings is 2. The van der Waals surface area contributed by atoms with Crippen LogP contribution in [0.5, 0.6) is 5.75 Å². The molecule has 0 radical (unpaired) electrons. The van der Waals surface area contributed by atoms with Crippen LogP contribution in [0.2, 0.25) is 0 Å². The molecule has 0 atom stereocenters. The van der Waals surface area contributed by atoms with Gasteiger partial charge in [0.15, 0.2) is 0 Å². The zero-order valence-electron chi connectivity index (χ0n) is 12.5. The molecule has 2 heterocycles. The van der Waals surface area contributed by atoms with Crippen molar-refractivity contribution in [3.8, 4) is 5.75 Å². The molecule has 1 amide bonds. The summed E-state index contributed by atoms with van der Waals surface area (Å²) in [4.78, 5) is 14.5. The Bertz CT molecular complexity index is 449. The molecule has 2 aliphatic rings. The van der Waals surface area contributed by atoms with Crippen LogP contribution in [0.1, 0.15) is 25.7 Å². The summed E-state index contributed by atoms with van der Waals surface area (Å²) < 4.78 is 5.98. The lowest BCUT2D eigenvalue weighted by molar-refractivity contribution is -0.138. The fraction of sp³-hybridized carbons (Fsp3) is 0.588. The number of hydrogen-bond acceptors (Lipinski definition) is 3. The summed E-state index contributed by atoms with van der Waals surface area (Å²) in [6.07, 6.45) is 4.08. The Morgan fingerprint density at radius 3 is 2.38 bits per heavy atom. The number of carbonyl (C=O) groups excluding carboxylic acids is 1. The van der Waals surface area contributed by atoms with E-state index in [0.717, 1.165) is 57.6 Å². The summed E-state index contributed by atoms with van der Waals surface area (Å²) in [5, 5.41) is 3.32. The highest BCUT2D eigenvalue weighted by molar-refractivity contribution is 5.79. The third-order valence-electron chi connectivity index (χ3n) is 4.49. The highest BCUT2D eigenvalue weighted by atomic mass is 16.5. The van der Waals surface area contributed by atoms with Crippen molar-refractivity contribution in [2.45, 2.75) is 31.8 Å². The smallest absolute Gasteiger partial charge is 0.225 e. The largest absolute Gasteiger partial charge is 0.490 e. The van der Waals surface area contributed by atoms with E-state index in [9.17, 15) is 4.79 Å². The molecule has 0 aliphatic carbocycles. The molecule has 21 heavy (non-hydrogen) atoms. The van der Waals surface area contributed by atoms with Gasteiger partial charge in [0.25, 0.3) is 0 Å². The van der Waals surface area contributed by atoms with Gasteiger partial charge in [0.05, 0.1) is 0 Å². The molecule has 0 unspecified atom stereocenters. The standard InChI is InChI=1S/C17H24N2O2/c20-17(14-6-10-18-11-7-14)19-12-8-16(9-13-19)21-15-4-2-1-3-5-15/h1-5,14,16,18H,6-13H2. The SMILES string of the molecule is O=C(C1CCNCC1)N1CCC(Oc2ccccc2)CC1. The Hall–Kier alpha value is -1.55. The van der Waals surface area contributed by atoms with E-state index in [1.165, 1.54) is 0 Å². The fourth-order valence-corrected chi connectivity index (χ4v) is 3.21. The molecule has 114 valence electrons. The van der Waals surface area contributed by atoms with Crippen molar-refractivity contribution in [3.05, 3.63) is 30.3 Å². The monoisotopic (exact) mass is 288 g/mol. The second kappa shape index (κ2) is 6.94. The Morgan fingerprint density at radius 2 is 1.71 bits per heavy atom. The minimum Gasteiger partial charge on any atom is -0.490 e. The molecule has 2 fully saturated rings. The van der Waals surface area contributed by atoms with Crippen LogP contribution in [0.15, 0.2) is 30.3 Å². The van der Waals surface area contributed by atoms with Crippen LogP contribution in [0.25, 0.3) is 0 Å². The van der Waals surface area contributed by atoms with Gasteiger partial charge < -0.3 is 15.0 Å². The van der Waals surface area contributed by atoms with Crippen molar-refractivity contribution < 1.29 is 9.53 Å². The van der Waals surface area contributed by atoms with E-state index in [-0.39, 0.29) is 12.0 Å². The zero-order valence-corrected chi connectivity index (χ0v) is 12.5. The van der Waals surface area contributed by atoms with E-state index >= 15 is 0 Å². The Kier molecular flexibility index (Phi) is 4.76. The summed E-state index contributed by atoms with van der Waals surface area (Å²) in [6.45, 7) is 3.62. The van der Waals surface area contributed by atoms with Crippen LogP contribution >= 0.6 is 0 Å². The number of nitrogens with zero attached hydrogens (tertiary/aromatic N) is 1.